The van der Waals surface area contributed by atoms with E-state index in [1.54, 1.807) is 6.20 Å². The average molecular weight is 215 g/mol. The molecule has 0 aliphatic heterocycles. The van der Waals surface area contributed by atoms with Crippen LogP contribution in [0.3, 0.4) is 0 Å². The third-order valence-corrected chi connectivity index (χ3v) is 2.67. The van der Waals surface area contributed by atoms with Crippen LogP contribution in [0.4, 0.5) is 0 Å². The number of pyridine rings is 1. The Morgan fingerprint density at radius 2 is 2.12 bits per heavy atom. The minimum absolute atomic E-state index is 0.239. The van der Waals surface area contributed by atoms with Crippen molar-refractivity contribution in [3.8, 4) is 0 Å². The second kappa shape index (κ2) is 4.31. The molecule has 0 bridgehead atoms. The Morgan fingerprint density at radius 1 is 1.38 bits per heavy atom. The first kappa shape index (κ1) is 10.6. The van der Waals surface area contributed by atoms with E-state index in [2.05, 4.69) is 4.98 Å². The molecule has 0 spiro atoms. The zero-order valence-electron chi connectivity index (χ0n) is 9.31. The number of carbonyl (C=O) groups is 1. The largest absolute Gasteiger partial charge is 0.469 e. The Labute approximate surface area is 94.1 Å². The SMILES string of the molecule is COC(=O)[C@H](C)c1cnc2ccccc2c1. The fraction of sp³-hybridized carbons (Fsp3) is 0.231. The van der Waals surface area contributed by atoms with Crippen LogP contribution in [-0.4, -0.2) is 18.1 Å². The summed E-state index contributed by atoms with van der Waals surface area (Å²) < 4.78 is 4.71. The van der Waals surface area contributed by atoms with E-state index < -0.39 is 0 Å². The van der Waals surface area contributed by atoms with Crippen molar-refractivity contribution in [2.75, 3.05) is 7.11 Å². The number of benzene rings is 1. The van der Waals surface area contributed by atoms with Gasteiger partial charge in [-0.15, -0.1) is 0 Å². The molecule has 0 unspecified atom stereocenters. The molecule has 16 heavy (non-hydrogen) atoms. The summed E-state index contributed by atoms with van der Waals surface area (Å²) in [7, 11) is 1.40. The first-order chi connectivity index (χ1) is 7.72. The first-order valence-electron chi connectivity index (χ1n) is 5.15. The molecular weight excluding hydrogens is 202 g/mol. The number of para-hydroxylation sites is 1. The monoisotopic (exact) mass is 215 g/mol. The third kappa shape index (κ3) is 1.89. The second-order valence-electron chi connectivity index (χ2n) is 3.71. The quantitative estimate of drug-likeness (QED) is 0.722. The zero-order valence-corrected chi connectivity index (χ0v) is 9.31. The molecule has 0 fully saturated rings. The normalized spacial score (nSPS) is 12.4. The van der Waals surface area contributed by atoms with Crippen molar-refractivity contribution < 1.29 is 9.53 Å². The maximum Gasteiger partial charge on any atom is 0.312 e. The zero-order chi connectivity index (χ0) is 11.5. The maximum absolute atomic E-state index is 11.4. The molecule has 0 N–H and O–H groups in total. The van der Waals surface area contributed by atoms with Gasteiger partial charge in [0.25, 0.3) is 0 Å². The van der Waals surface area contributed by atoms with Crippen molar-refractivity contribution in [1.29, 1.82) is 0 Å². The Hall–Kier alpha value is -1.90. The molecule has 0 aliphatic rings. The number of aromatic nitrogens is 1. The molecule has 1 aromatic carbocycles. The van der Waals surface area contributed by atoms with E-state index >= 15 is 0 Å². The number of hydrogen-bond acceptors (Lipinski definition) is 3. The lowest BCUT2D eigenvalue weighted by molar-refractivity contribution is -0.141. The average Bonchev–Trinajstić information content (AvgIpc) is 2.36. The predicted octanol–water partition coefficient (Wildman–Crippen LogP) is 2.51. The number of nitrogens with zero attached hydrogens (tertiary/aromatic N) is 1. The number of carbonyl (C=O) groups excluding carboxylic acids is 1. The molecule has 0 amide bonds. The van der Waals surface area contributed by atoms with E-state index in [1.165, 1.54) is 7.11 Å². The van der Waals surface area contributed by atoms with Gasteiger partial charge in [0.2, 0.25) is 0 Å². The summed E-state index contributed by atoms with van der Waals surface area (Å²) in [5.74, 6) is -0.515. The number of ether oxygens (including phenoxy) is 1. The van der Waals surface area contributed by atoms with Crippen LogP contribution in [0.25, 0.3) is 10.9 Å². The second-order valence-corrected chi connectivity index (χ2v) is 3.71. The molecule has 0 saturated carbocycles. The Morgan fingerprint density at radius 3 is 2.88 bits per heavy atom. The fourth-order valence-corrected chi connectivity index (χ4v) is 1.64. The topological polar surface area (TPSA) is 39.2 Å². The van der Waals surface area contributed by atoms with Gasteiger partial charge in [0.1, 0.15) is 0 Å². The van der Waals surface area contributed by atoms with Crippen LogP contribution in [0.5, 0.6) is 0 Å². The van der Waals surface area contributed by atoms with E-state index in [1.807, 2.05) is 37.3 Å². The standard InChI is InChI=1S/C13H13NO2/c1-9(13(15)16-2)11-7-10-5-3-4-6-12(10)14-8-11/h3-9H,1-2H3/t9-/m1/s1. The van der Waals surface area contributed by atoms with Crippen molar-refractivity contribution in [2.24, 2.45) is 0 Å². The minimum atomic E-state index is -0.276. The van der Waals surface area contributed by atoms with E-state index in [-0.39, 0.29) is 11.9 Å². The van der Waals surface area contributed by atoms with Crippen LogP contribution in [0.2, 0.25) is 0 Å². The van der Waals surface area contributed by atoms with Crippen LogP contribution in [0, 0.1) is 0 Å². The molecule has 2 aromatic rings. The number of methoxy groups -OCH3 is 1. The smallest absolute Gasteiger partial charge is 0.312 e. The number of hydrogen-bond donors (Lipinski definition) is 0. The summed E-state index contributed by atoms with van der Waals surface area (Å²) in [5, 5.41) is 1.04. The van der Waals surface area contributed by atoms with Crippen LogP contribution in [-0.2, 0) is 9.53 Å². The van der Waals surface area contributed by atoms with Gasteiger partial charge in [0.15, 0.2) is 0 Å². The highest BCUT2D eigenvalue weighted by Crippen LogP contribution is 2.20. The van der Waals surface area contributed by atoms with E-state index in [9.17, 15) is 4.79 Å². The van der Waals surface area contributed by atoms with Crippen LogP contribution in [0.1, 0.15) is 18.4 Å². The van der Waals surface area contributed by atoms with Gasteiger partial charge in [-0.2, -0.15) is 0 Å². The summed E-state index contributed by atoms with van der Waals surface area (Å²) in [5.41, 5.74) is 1.81. The highest BCUT2D eigenvalue weighted by molar-refractivity contribution is 5.82. The Balaban J connectivity index is 2.43. The predicted molar refractivity (Wildman–Crippen MR) is 62.2 cm³/mol. The molecule has 3 heteroatoms. The fourth-order valence-electron chi connectivity index (χ4n) is 1.64. The molecule has 0 saturated heterocycles. The van der Waals surface area contributed by atoms with Gasteiger partial charge in [0, 0.05) is 11.6 Å². The van der Waals surface area contributed by atoms with Gasteiger partial charge in [0.05, 0.1) is 18.5 Å². The highest BCUT2D eigenvalue weighted by Gasteiger charge is 2.15. The molecule has 82 valence electrons. The highest BCUT2D eigenvalue weighted by atomic mass is 16.5. The van der Waals surface area contributed by atoms with Gasteiger partial charge in [-0.3, -0.25) is 9.78 Å². The molecule has 2 rings (SSSR count). The Kier molecular flexibility index (Phi) is 2.86. The van der Waals surface area contributed by atoms with Gasteiger partial charge >= 0.3 is 5.97 Å². The molecule has 1 aromatic heterocycles. The third-order valence-electron chi connectivity index (χ3n) is 2.67. The van der Waals surface area contributed by atoms with E-state index in [0.29, 0.717) is 0 Å². The van der Waals surface area contributed by atoms with Crippen molar-refractivity contribution in [3.05, 3.63) is 42.1 Å². The van der Waals surface area contributed by atoms with Crippen molar-refractivity contribution >= 4 is 16.9 Å². The summed E-state index contributed by atoms with van der Waals surface area (Å²) in [6.45, 7) is 1.82. The molecular formula is C13H13NO2. The summed E-state index contributed by atoms with van der Waals surface area (Å²) in [4.78, 5) is 15.7. The number of esters is 1. The van der Waals surface area contributed by atoms with E-state index in [0.717, 1.165) is 16.5 Å². The first-order valence-corrected chi connectivity index (χ1v) is 5.15. The summed E-state index contributed by atoms with van der Waals surface area (Å²) in [6, 6.07) is 9.80. The molecule has 0 radical (unpaired) electrons. The van der Waals surface area contributed by atoms with Crippen molar-refractivity contribution in [3.63, 3.8) is 0 Å². The van der Waals surface area contributed by atoms with Gasteiger partial charge in [-0.1, -0.05) is 18.2 Å². The van der Waals surface area contributed by atoms with Crippen LogP contribution < -0.4 is 0 Å². The summed E-state index contributed by atoms with van der Waals surface area (Å²) >= 11 is 0. The van der Waals surface area contributed by atoms with Crippen LogP contribution in [0.15, 0.2) is 36.5 Å². The van der Waals surface area contributed by atoms with Crippen molar-refractivity contribution in [2.45, 2.75) is 12.8 Å². The number of fused-ring (bicyclic) bond motifs is 1. The molecule has 1 heterocycles. The van der Waals surface area contributed by atoms with Crippen LogP contribution >= 0.6 is 0 Å². The molecule has 1 atom stereocenters. The molecule has 0 aliphatic carbocycles. The van der Waals surface area contributed by atoms with Gasteiger partial charge in [-0.25, -0.2) is 0 Å². The lowest BCUT2D eigenvalue weighted by Gasteiger charge is -2.09. The van der Waals surface area contributed by atoms with Gasteiger partial charge in [-0.05, 0) is 24.6 Å². The molecule has 3 nitrogen and oxygen atoms in total. The maximum atomic E-state index is 11.4. The lowest BCUT2D eigenvalue weighted by Crippen LogP contribution is -2.10. The summed E-state index contributed by atoms with van der Waals surface area (Å²) in [6.07, 6.45) is 1.73. The number of rotatable bonds is 2. The van der Waals surface area contributed by atoms with Gasteiger partial charge < -0.3 is 4.74 Å². The Bertz CT molecular complexity index is 522. The van der Waals surface area contributed by atoms with Crippen molar-refractivity contribution in [1.82, 2.24) is 4.98 Å². The van der Waals surface area contributed by atoms with E-state index in [4.69, 9.17) is 4.74 Å². The lowest BCUT2D eigenvalue weighted by atomic mass is 10.0. The minimum Gasteiger partial charge on any atom is -0.469 e.